The van der Waals surface area contributed by atoms with Crippen molar-refractivity contribution in [3.05, 3.63) is 47.4 Å². The highest BCUT2D eigenvalue weighted by Gasteiger charge is 2.32. The summed E-state index contributed by atoms with van der Waals surface area (Å²) in [4.78, 5) is 32.0. The Morgan fingerprint density at radius 2 is 2.23 bits per heavy atom. The molecular formula is C20H20N6O3S2. The van der Waals surface area contributed by atoms with Crippen LogP contribution in [0.2, 0.25) is 0 Å². The molecule has 1 aliphatic rings. The van der Waals surface area contributed by atoms with E-state index >= 15 is 0 Å². The fourth-order valence-corrected chi connectivity index (χ4v) is 4.46. The molecule has 1 unspecified atom stereocenters. The Hall–Kier alpha value is -3.31. The molecule has 4 rings (SSSR count). The highest BCUT2D eigenvalue weighted by molar-refractivity contribution is 7.71. The predicted molar refractivity (Wildman–Crippen MR) is 121 cm³/mol. The first-order chi connectivity index (χ1) is 14.9. The smallest absolute Gasteiger partial charge is 0.268 e. The number of aromatic nitrogens is 4. The lowest BCUT2D eigenvalue weighted by Crippen LogP contribution is -2.47. The lowest BCUT2D eigenvalue weighted by Gasteiger charge is -2.32. The second-order valence-corrected chi connectivity index (χ2v) is 8.27. The zero-order chi connectivity index (χ0) is 22.1. The van der Waals surface area contributed by atoms with Gasteiger partial charge < -0.3 is 10.1 Å². The molecule has 1 atom stereocenters. The summed E-state index contributed by atoms with van der Waals surface area (Å²) in [5, 5.41) is 10.3. The Morgan fingerprint density at radius 1 is 1.45 bits per heavy atom. The predicted octanol–water partition coefficient (Wildman–Crippen LogP) is 3.31. The van der Waals surface area contributed by atoms with E-state index in [0.29, 0.717) is 39.4 Å². The van der Waals surface area contributed by atoms with E-state index in [4.69, 9.17) is 17.0 Å². The molecule has 0 radical (unpaired) electrons. The molecule has 3 heterocycles. The van der Waals surface area contributed by atoms with E-state index in [1.54, 1.807) is 35.8 Å². The lowest BCUT2D eigenvalue weighted by molar-refractivity contribution is -0.127. The Bertz CT molecular complexity index is 1230. The number of carbonyl (C=O) groups is 2. The fraction of sp³-hybridized carbons (Fsp3) is 0.250. The first kappa shape index (κ1) is 20.9. The number of anilines is 2. The molecule has 0 saturated carbocycles. The third kappa shape index (κ3) is 4.01. The van der Waals surface area contributed by atoms with Crippen molar-refractivity contribution >= 4 is 46.2 Å². The monoisotopic (exact) mass is 456 g/mol. The molecule has 31 heavy (non-hydrogen) atoms. The number of rotatable bonds is 6. The van der Waals surface area contributed by atoms with Gasteiger partial charge in [0.25, 0.3) is 5.91 Å². The molecule has 160 valence electrons. The number of nitrogens with zero attached hydrogens (tertiary/aromatic N) is 4. The molecule has 0 fully saturated rings. The third-order valence-corrected chi connectivity index (χ3v) is 6.07. The zero-order valence-electron chi connectivity index (χ0n) is 16.9. The van der Waals surface area contributed by atoms with Crippen LogP contribution >= 0.6 is 23.6 Å². The summed E-state index contributed by atoms with van der Waals surface area (Å²) >= 11 is 6.55. The van der Waals surface area contributed by atoms with Crippen LogP contribution in [0.15, 0.2) is 36.9 Å². The Kier molecular flexibility index (Phi) is 5.70. The first-order valence-electron chi connectivity index (χ1n) is 9.50. The first-order valence-corrected chi connectivity index (χ1v) is 10.7. The van der Waals surface area contributed by atoms with Crippen molar-refractivity contribution in [3.63, 3.8) is 0 Å². The molecule has 11 heteroatoms. The molecule has 2 N–H and O–H groups in total. The molecule has 0 aliphatic carbocycles. The maximum Gasteiger partial charge on any atom is 0.268 e. The van der Waals surface area contributed by atoms with Crippen LogP contribution in [-0.2, 0) is 16.1 Å². The SMILES string of the molecule is C=CCn1c(-c2sc(NC(=O)CN3C(=O)C(C)Oc4ccccc43)nc2C)n[nH]c1=S. The van der Waals surface area contributed by atoms with Crippen LogP contribution in [0.3, 0.4) is 0 Å². The van der Waals surface area contributed by atoms with Crippen molar-refractivity contribution in [1.82, 2.24) is 19.7 Å². The molecule has 1 aromatic carbocycles. The topological polar surface area (TPSA) is 105 Å². The maximum absolute atomic E-state index is 12.7. The number of hydrogen-bond donors (Lipinski definition) is 2. The summed E-state index contributed by atoms with van der Waals surface area (Å²) in [5.41, 5.74) is 1.28. The molecule has 9 nitrogen and oxygen atoms in total. The quantitative estimate of drug-likeness (QED) is 0.436. The number of aryl methyl sites for hydroxylation is 1. The van der Waals surface area contributed by atoms with Gasteiger partial charge in [0.1, 0.15) is 12.3 Å². The number of carbonyl (C=O) groups excluding carboxylic acids is 2. The summed E-state index contributed by atoms with van der Waals surface area (Å²) in [5.74, 6) is 0.568. The van der Waals surface area contributed by atoms with Crippen LogP contribution in [0.4, 0.5) is 10.8 Å². The third-order valence-electron chi connectivity index (χ3n) is 4.69. The van der Waals surface area contributed by atoms with Crippen LogP contribution in [-0.4, -0.2) is 44.2 Å². The number of allylic oxidation sites excluding steroid dienone is 1. The number of amides is 2. The van der Waals surface area contributed by atoms with Gasteiger partial charge >= 0.3 is 0 Å². The highest BCUT2D eigenvalue weighted by atomic mass is 32.1. The lowest BCUT2D eigenvalue weighted by atomic mass is 10.2. The van der Waals surface area contributed by atoms with Crippen LogP contribution in [0, 0.1) is 11.7 Å². The van der Waals surface area contributed by atoms with Crippen molar-refractivity contribution in [2.75, 3.05) is 16.8 Å². The maximum atomic E-state index is 12.7. The van der Waals surface area contributed by atoms with Crippen molar-refractivity contribution in [1.29, 1.82) is 0 Å². The number of ether oxygens (including phenoxy) is 1. The van der Waals surface area contributed by atoms with Gasteiger partial charge in [-0.05, 0) is 38.2 Å². The normalized spacial score (nSPS) is 15.4. The summed E-state index contributed by atoms with van der Waals surface area (Å²) < 4.78 is 7.90. The van der Waals surface area contributed by atoms with Gasteiger partial charge in [0.05, 0.1) is 16.3 Å². The van der Waals surface area contributed by atoms with E-state index in [1.165, 1.54) is 16.2 Å². The van der Waals surface area contributed by atoms with E-state index in [-0.39, 0.29) is 18.4 Å². The van der Waals surface area contributed by atoms with Gasteiger partial charge in [0.2, 0.25) is 5.91 Å². The number of nitrogens with one attached hydrogen (secondary N) is 2. The highest BCUT2D eigenvalue weighted by Crippen LogP contribution is 2.34. The average Bonchev–Trinajstić information content (AvgIpc) is 3.27. The van der Waals surface area contributed by atoms with E-state index in [9.17, 15) is 9.59 Å². The Morgan fingerprint density at radius 3 is 3.00 bits per heavy atom. The number of fused-ring (bicyclic) bond motifs is 1. The van der Waals surface area contributed by atoms with Gasteiger partial charge in [-0.3, -0.25) is 24.2 Å². The van der Waals surface area contributed by atoms with Crippen LogP contribution in [0.25, 0.3) is 10.7 Å². The molecule has 0 bridgehead atoms. The van der Waals surface area contributed by atoms with Crippen molar-refractivity contribution in [2.24, 2.45) is 0 Å². The zero-order valence-corrected chi connectivity index (χ0v) is 18.5. The number of thiazole rings is 1. The van der Waals surface area contributed by atoms with Crippen molar-refractivity contribution in [3.8, 4) is 16.5 Å². The summed E-state index contributed by atoms with van der Waals surface area (Å²) in [7, 11) is 0. The van der Waals surface area contributed by atoms with Crippen molar-refractivity contribution < 1.29 is 14.3 Å². The van der Waals surface area contributed by atoms with E-state index in [1.807, 2.05) is 13.0 Å². The Balaban J connectivity index is 1.54. The molecule has 2 amide bonds. The second kappa shape index (κ2) is 8.44. The number of H-pyrrole nitrogens is 1. The minimum Gasteiger partial charge on any atom is -0.479 e. The average molecular weight is 457 g/mol. The minimum absolute atomic E-state index is 0.146. The summed E-state index contributed by atoms with van der Waals surface area (Å²) in [6.45, 7) is 7.59. The van der Waals surface area contributed by atoms with Gasteiger partial charge in [-0.2, -0.15) is 5.10 Å². The summed E-state index contributed by atoms with van der Waals surface area (Å²) in [6, 6.07) is 7.14. The standard InChI is InChI=1S/C20H20N6O3S2/c1-4-9-25-17(23-24-20(25)30)16-11(2)21-19(31-16)22-15(27)10-26-13-7-5-6-8-14(13)29-12(3)18(26)28/h4-8,12H,1,9-10H2,2-3H3,(H,24,30)(H,21,22,27). The summed E-state index contributed by atoms with van der Waals surface area (Å²) in [6.07, 6.45) is 1.07. The Labute approximate surface area is 187 Å². The van der Waals surface area contributed by atoms with E-state index in [2.05, 4.69) is 27.1 Å². The van der Waals surface area contributed by atoms with Gasteiger partial charge in [0.15, 0.2) is 21.8 Å². The molecule has 1 aliphatic heterocycles. The van der Waals surface area contributed by atoms with Crippen LogP contribution < -0.4 is 15.0 Å². The van der Waals surface area contributed by atoms with Crippen LogP contribution in [0.1, 0.15) is 12.6 Å². The molecular weight excluding hydrogens is 436 g/mol. The number of para-hydroxylation sites is 2. The van der Waals surface area contributed by atoms with Crippen LogP contribution in [0.5, 0.6) is 5.75 Å². The molecule has 0 saturated heterocycles. The number of hydrogen-bond acceptors (Lipinski definition) is 7. The number of aromatic amines is 1. The molecule has 3 aromatic rings. The van der Waals surface area contributed by atoms with Crippen molar-refractivity contribution in [2.45, 2.75) is 26.5 Å². The van der Waals surface area contributed by atoms with Gasteiger partial charge in [-0.1, -0.05) is 29.5 Å². The number of benzene rings is 1. The fourth-order valence-electron chi connectivity index (χ4n) is 3.27. The molecule has 2 aromatic heterocycles. The minimum atomic E-state index is -0.663. The van der Waals surface area contributed by atoms with E-state index in [0.717, 1.165) is 4.88 Å². The van der Waals surface area contributed by atoms with Gasteiger partial charge in [0, 0.05) is 6.54 Å². The van der Waals surface area contributed by atoms with Gasteiger partial charge in [-0.15, -0.1) is 6.58 Å². The second-order valence-electron chi connectivity index (χ2n) is 6.89. The largest absolute Gasteiger partial charge is 0.479 e. The molecule has 0 spiro atoms. The van der Waals surface area contributed by atoms with Gasteiger partial charge in [-0.25, -0.2) is 4.98 Å². The van der Waals surface area contributed by atoms with E-state index < -0.39 is 6.10 Å².